The Kier molecular flexibility index (Phi) is 5.15. The molecule has 2 aromatic carbocycles. The molecule has 0 atom stereocenters. The fourth-order valence-corrected chi connectivity index (χ4v) is 2.50. The Morgan fingerprint density at radius 2 is 2.19 bits per heavy atom. The lowest BCUT2D eigenvalue weighted by molar-refractivity contribution is 0.100. The number of carbonyl (C=O) groups excluding carboxylic acids is 1. The van der Waals surface area contributed by atoms with Gasteiger partial charge in [0, 0.05) is 16.9 Å². The van der Waals surface area contributed by atoms with Gasteiger partial charge in [0.05, 0.1) is 5.56 Å². The van der Waals surface area contributed by atoms with Crippen LogP contribution in [-0.2, 0) is 0 Å². The van der Waals surface area contributed by atoms with E-state index in [0.29, 0.717) is 16.3 Å². The molecule has 0 bridgehead atoms. The molecule has 9 heteroatoms. The van der Waals surface area contributed by atoms with Gasteiger partial charge in [-0.25, -0.2) is 9.38 Å². The average molecular weight is 383 g/mol. The lowest BCUT2D eigenvalue weighted by Crippen LogP contribution is -2.12. The van der Waals surface area contributed by atoms with Gasteiger partial charge in [0.1, 0.15) is 23.3 Å². The van der Waals surface area contributed by atoms with E-state index >= 15 is 0 Å². The molecular weight excluding hydrogens is 371 g/mol. The standard InChI is InChI=1S/C18H12ClFN6O/c19-12-2-1-3-13(7-12)24-18-15(16(22)27)17(25-26-18)23-9-10-4-5-14(20)11(6-10)8-21/h1-7,9H,(H2,22,27)(H2,24,25,26). The van der Waals surface area contributed by atoms with Crippen LogP contribution < -0.4 is 11.1 Å². The molecule has 1 amide bonds. The first-order valence-corrected chi connectivity index (χ1v) is 8.00. The van der Waals surface area contributed by atoms with Crippen molar-refractivity contribution in [1.29, 1.82) is 5.26 Å². The second-order valence-electron chi connectivity index (χ2n) is 5.41. The first kappa shape index (κ1) is 18.1. The largest absolute Gasteiger partial charge is 0.365 e. The first-order chi connectivity index (χ1) is 13.0. The van der Waals surface area contributed by atoms with Gasteiger partial charge >= 0.3 is 0 Å². The van der Waals surface area contributed by atoms with Crippen LogP contribution in [0.25, 0.3) is 0 Å². The van der Waals surface area contributed by atoms with Crippen molar-refractivity contribution in [3.63, 3.8) is 0 Å². The van der Waals surface area contributed by atoms with Crippen LogP contribution in [-0.4, -0.2) is 22.3 Å². The van der Waals surface area contributed by atoms with E-state index in [1.165, 1.54) is 18.3 Å². The molecule has 134 valence electrons. The fraction of sp³-hybridized carbons (Fsp3) is 0. The van der Waals surface area contributed by atoms with Crippen molar-refractivity contribution in [2.24, 2.45) is 10.7 Å². The van der Waals surface area contributed by atoms with Crippen LogP contribution >= 0.6 is 11.6 Å². The number of hydrogen-bond acceptors (Lipinski definition) is 5. The number of halogens is 2. The third kappa shape index (κ3) is 4.11. The maximum Gasteiger partial charge on any atom is 0.256 e. The Bertz CT molecular complexity index is 1090. The number of nitrogens with zero attached hydrogens (tertiary/aromatic N) is 3. The van der Waals surface area contributed by atoms with Crippen molar-refractivity contribution in [2.75, 3.05) is 5.32 Å². The Morgan fingerprint density at radius 1 is 1.37 bits per heavy atom. The van der Waals surface area contributed by atoms with Gasteiger partial charge in [0.2, 0.25) is 0 Å². The average Bonchev–Trinajstić information content (AvgIpc) is 3.03. The van der Waals surface area contributed by atoms with Gasteiger partial charge in [0.25, 0.3) is 5.91 Å². The third-order valence-corrected chi connectivity index (χ3v) is 3.77. The number of nitrogens with two attached hydrogens (primary N) is 1. The second-order valence-corrected chi connectivity index (χ2v) is 5.84. The van der Waals surface area contributed by atoms with Crippen LogP contribution in [0, 0.1) is 17.1 Å². The molecule has 4 N–H and O–H groups in total. The van der Waals surface area contributed by atoms with E-state index in [9.17, 15) is 9.18 Å². The number of aromatic amines is 1. The zero-order valence-electron chi connectivity index (χ0n) is 13.7. The van der Waals surface area contributed by atoms with E-state index in [-0.39, 0.29) is 22.8 Å². The predicted molar refractivity (Wildman–Crippen MR) is 100 cm³/mol. The molecule has 0 fully saturated rings. The molecule has 0 unspecified atom stereocenters. The maximum absolute atomic E-state index is 13.4. The Labute approximate surface area is 158 Å². The minimum absolute atomic E-state index is 0.0499. The molecule has 0 saturated carbocycles. The molecule has 7 nitrogen and oxygen atoms in total. The Morgan fingerprint density at radius 3 is 2.89 bits per heavy atom. The molecule has 0 aliphatic rings. The van der Waals surface area contributed by atoms with E-state index in [1.807, 2.05) is 0 Å². The van der Waals surface area contributed by atoms with Crippen molar-refractivity contribution in [1.82, 2.24) is 10.2 Å². The highest BCUT2D eigenvalue weighted by molar-refractivity contribution is 6.30. The summed E-state index contributed by atoms with van der Waals surface area (Å²) in [5.41, 5.74) is 6.48. The smallest absolute Gasteiger partial charge is 0.256 e. The molecule has 27 heavy (non-hydrogen) atoms. The van der Waals surface area contributed by atoms with Gasteiger partial charge in [-0.05, 0) is 35.9 Å². The van der Waals surface area contributed by atoms with Crippen molar-refractivity contribution >= 4 is 41.0 Å². The van der Waals surface area contributed by atoms with E-state index in [2.05, 4.69) is 20.5 Å². The topological polar surface area (TPSA) is 120 Å². The number of rotatable bonds is 5. The summed E-state index contributed by atoms with van der Waals surface area (Å²) < 4.78 is 13.4. The summed E-state index contributed by atoms with van der Waals surface area (Å²) in [7, 11) is 0. The van der Waals surface area contributed by atoms with Crippen molar-refractivity contribution in [3.8, 4) is 6.07 Å². The van der Waals surface area contributed by atoms with E-state index < -0.39 is 11.7 Å². The van der Waals surface area contributed by atoms with Crippen LogP contribution in [0.2, 0.25) is 5.02 Å². The number of aliphatic imine (C=N–C) groups is 1. The van der Waals surface area contributed by atoms with E-state index in [0.717, 1.165) is 6.07 Å². The number of primary amides is 1. The molecule has 0 saturated heterocycles. The number of hydrogen-bond donors (Lipinski definition) is 3. The Balaban J connectivity index is 1.91. The monoisotopic (exact) mass is 382 g/mol. The lowest BCUT2D eigenvalue weighted by atomic mass is 10.1. The summed E-state index contributed by atoms with van der Waals surface area (Å²) in [6, 6.07) is 12.6. The summed E-state index contributed by atoms with van der Waals surface area (Å²) in [6.07, 6.45) is 1.35. The number of nitriles is 1. The molecule has 3 rings (SSSR count). The molecule has 0 aliphatic heterocycles. The Hall–Kier alpha value is -3.70. The number of amides is 1. The van der Waals surface area contributed by atoms with Crippen LogP contribution in [0.5, 0.6) is 0 Å². The quantitative estimate of drug-likeness (QED) is 0.583. The fourth-order valence-electron chi connectivity index (χ4n) is 2.30. The van der Waals surface area contributed by atoms with Gasteiger partial charge in [-0.1, -0.05) is 23.7 Å². The van der Waals surface area contributed by atoms with Crippen molar-refractivity contribution in [2.45, 2.75) is 0 Å². The van der Waals surface area contributed by atoms with E-state index in [4.69, 9.17) is 22.6 Å². The number of benzene rings is 2. The zero-order chi connectivity index (χ0) is 19.4. The van der Waals surface area contributed by atoms with Crippen LogP contribution in [0.15, 0.2) is 47.5 Å². The summed E-state index contributed by atoms with van der Waals surface area (Å²) in [5.74, 6) is -1.05. The summed E-state index contributed by atoms with van der Waals surface area (Å²) in [6.45, 7) is 0. The van der Waals surface area contributed by atoms with Gasteiger partial charge in [-0.3, -0.25) is 9.89 Å². The maximum atomic E-state index is 13.4. The van der Waals surface area contributed by atoms with Gasteiger partial charge in [-0.2, -0.15) is 10.4 Å². The molecule has 1 aromatic heterocycles. The number of anilines is 2. The second kappa shape index (κ2) is 7.68. The number of aromatic nitrogens is 2. The van der Waals surface area contributed by atoms with Crippen LogP contribution in [0.4, 0.5) is 21.7 Å². The minimum Gasteiger partial charge on any atom is -0.365 e. The number of nitrogens with one attached hydrogen (secondary N) is 2. The highest BCUT2D eigenvalue weighted by atomic mass is 35.5. The summed E-state index contributed by atoms with van der Waals surface area (Å²) in [5, 5.41) is 19.0. The zero-order valence-corrected chi connectivity index (χ0v) is 14.5. The molecule has 0 aliphatic carbocycles. The summed E-state index contributed by atoms with van der Waals surface area (Å²) in [4.78, 5) is 16.0. The van der Waals surface area contributed by atoms with Crippen LogP contribution in [0.3, 0.4) is 0 Å². The van der Waals surface area contributed by atoms with Gasteiger partial charge in [-0.15, -0.1) is 0 Å². The normalized spacial score (nSPS) is 10.7. The lowest BCUT2D eigenvalue weighted by Gasteiger charge is -2.05. The van der Waals surface area contributed by atoms with E-state index in [1.54, 1.807) is 30.3 Å². The molecule has 3 aromatic rings. The summed E-state index contributed by atoms with van der Waals surface area (Å²) >= 11 is 5.94. The predicted octanol–water partition coefficient (Wildman–Crippen LogP) is 3.67. The first-order valence-electron chi connectivity index (χ1n) is 7.62. The van der Waals surface area contributed by atoms with Crippen LogP contribution in [0.1, 0.15) is 21.5 Å². The highest BCUT2D eigenvalue weighted by Gasteiger charge is 2.18. The number of carbonyl (C=O) groups is 1. The SMILES string of the molecule is N#Cc1cc(C=Nc2n[nH]c(Nc3cccc(Cl)c3)c2C(N)=O)ccc1F. The van der Waals surface area contributed by atoms with Gasteiger partial charge < -0.3 is 11.1 Å². The highest BCUT2D eigenvalue weighted by Crippen LogP contribution is 2.27. The van der Waals surface area contributed by atoms with Crippen molar-refractivity contribution in [3.05, 3.63) is 70.0 Å². The molecule has 0 radical (unpaired) electrons. The number of H-pyrrole nitrogens is 1. The molecule has 0 spiro atoms. The molecule has 1 heterocycles. The van der Waals surface area contributed by atoms with Gasteiger partial charge in [0.15, 0.2) is 5.82 Å². The molecular formula is C18H12ClFN6O. The third-order valence-electron chi connectivity index (χ3n) is 3.53. The van der Waals surface area contributed by atoms with Crippen molar-refractivity contribution < 1.29 is 9.18 Å². The minimum atomic E-state index is -0.739.